The number of hydrogen-bond acceptors (Lipinski definition) is 5. The lowest BCUT2D eigenvalue weighted by molar-refractivity contribution is 0.0741. The summed E-state index contributed by atoms with van der Waals surface area (Å²) in [5.74, 6) is 1.77. The minimum absolute atomic E-state index is 0.147. The van der Waals surface area contributed by atoms with Crippen molar-refractivity contribution >= 4 is 22.6 Å². The number of halogens is 1. The Bertz CT molecular complexity index is 1420. The number of carbonyl (C=O) groups excluding carboxylic acids is 1. The number of H-pyrrole nitrogens is 1. The van der Waals surface area contributed by atoms with E-state index in [0.29, 0.717) is 54.6 Å². The highest BCUT2D eigenvalue weighted by Crippen LogP contribution is 2.37. The van der Waals surface area contributed by atoms with Gasteiger partial charge in [0, 0.05) is 43.3 Å². The van der Waals surface area contributed by atoms with Gasteiger partial charge in [0.15, 0.2) is 11.6 Å². The highest BCUT2D eigenvalue weighted by atomic mass is 19.1. The van der Waals surface area contributed by atoms with E-state index in [2.05, 4.69) is 14.9 Å². The number of fused-ring (bicyclic) bond motifs is 1. The van der Waals surface area contributed by atoms with Crippen LogP contribution in [-0.2, 0) is 0 Å². The number of benzene rings is 2. The van der Waals surface area contributed by atoms with E-state index in [1.807, 2.05) is 36.4 Å². The van der Waals surface area contributed by atoms with E-state index in [9.17, 15) is 9.18 Å². The van der Waals surface area contributed by atoms with Crippen molar-refractivity contribution in [2.24, 2.45) is 0 Å². The van der Waals surface area contributed by atoms with Crippen LogP contribution in [0, 0.1) is 5.82 Å². The molecule has 2 aliphatic rings. The van der Waals surface area contributed by atoms with Gasteiger partial charge in [0.1, 0.15) is 17.3 Å². The van der Waals surface area contributed by atoms with E-state index < -0.39 is 5.82 Å². The van der Waals surface area contributed by atoms with Gasteiger partial charge >= 0.3 is 0 Å². The Morgan fingerprint density at radius 3 is 2.56 bits per heavy atom. The first kappa shape index (κ1) is 22.4. The van der Waals surface area contributed by atoms with Crippen LogP contribution in [0.5, 0.6) is 11.5 Å². The number of piperazine rings is 1. The number of aromatic nitrogens is 2. The molecule has 184 valence electrons. The van der Waals surface area contributed by atoms with Gasteiger partial charge in [-0.05, 0) is 48.7 Å². The molecule has 1 aliphatic heterocycles. The molecule has 1 amide bonds. The fraction of sp³-hybridized carbons (Fsp3) is 0.286. The van der Waals surface area contributed by atoms with E-state index in [-0.39, 0.29) is 5.91 Å². The zero-order valence-electron chi connectivity index (χ0n) is 20.0. The normalized spacial score (nSPS) is 15.8. The van der Waals surface area contributed by atoms with Gasteiger partial charge in [-0.25, -0.2) is 9.37 Å². The fourth-order valence-corrected chi connectivity index (χ4v) is 4.77. The highest BCUT2D eigenvalue weighted by molar-refractivity contribution is 6.03. The molecule has 4 aromatic rings. The summed E-state index contributed by atoms with van der Waals surface area (Å²) in [4.78, 5) is 24.9. The molecule has 2 fully saturated rings. The largest absolute Gasteiger partial charge is 0.496 e. The summed E-state index contributed by atoms with van der Waals surface area (Å²) in [5, 5.41) is 0.650. The molecule has 3 heterocycles. The number of aromatic amines is 1. The Labute approximate surface area is 208 Å². The zero-order chi connectivity index (χ0) is 24.6. The first-order chi connectivity index (χ1) is 17.6. The van der Waals surface area contributed by atoms with Gasteiger partial charge in [-0.3, -0.25) is 4.79 Å². The third-order valence-electron chi connectivity index (χ3n) is 6.81. The van der Waals surface area contributed by atoms with Crippen LogP contribution in [0.2, 0.25) is 0 Å². The molecule has 36 heavy (non-hydrogen) atoms. The summed E-state index contributed by atoms with van der Waals surface area (Å²) >= 11 is 0. The van der Waals surface area contributed by atoms with Crippen molar-refractivity contribution in [1.82, 2.24) is 14.9 Å². The van der Waals surface area contributed by atoms with E-state index in [1.54, 1.807) is 30.3 Å². The van der Waals surface area contributed by atoms with Crippen LogP contribution in [0.25, 0.3) is 22.0 Å². The Balaban J connectivity index is 1.23. The van der Waals surface area contributed by atoms with E-state index in [1.165, 1.54) is 6.07 Å². The number of hydrogen-bond donors (Lipinski definition) is 1. The molecule has 0 bridgehead atoms. The number of para-hydroxylation sites is 1. The predicted molar refractivity (Wildman–Crippen MR) is 136 cm³/mol. The van der Waals surface area contributed by atoms with Crippen LogP contribution in [0.4, 0.5) is 10.2 Å². The second kappa shape index (κ2) is 9.18. The number of ether oxygens (including phenoxy) is 2. The van der Waals surface area contributed by atoms with Crippen molar-refractivity contribution in [2.75, 3.05) is 38.2 Å². The Hall–Kier alpha value is -4.07. The van der Waals surface area contributed by atoms with Gasteiger partial charge in [-0.15, -0.1) is 0 Å². The summed E-state index contributed by atoms with van der Waals surface area (Å²) in [6.45, 7) is 2.36. The molecule has 1 saturated carbocycles. The van der Waals surface area contributed by atoms with Crippen molar-refractivity contribution in [3.8, 4) is 22.6 Å². The second-order valence-corrected chi connectivity index (χ2v) is 9.19. The quantitative estimate of drug-likeness (QED) is 0.421. The smallest absolute Gasteiger partial charge is 0.270 e. The molecule has 1 N–H and O–H groups in total. The maximum Gasteiger partial charge on any atom is 0.270 e. The lowest BCUT2D eigenvalue weighted by atomic mass is 10.0. The third-order valence-corrected chi connectivity index (χ3v) is 6.81. The van der Waals surface area contributed by atoms with Crippen LogP contribution in [0.15, 0.2) is 60.8 Å². The first-order valence-corrected chi connectivity index (χ1v) is 12.2. The molecule has 0 atom stereocenters. The summed E-state index contributed by atoms with van der Waals surface area (Å²) < 4.78 is 26.3. The number of amides is 1. The summed E-state index contributed by atoms with van der Waals surface area (Å²) in [6.07, 6.45) is 4.23. The standard InChI is InChI=1S/C28H27FN4O3/c1-35-24-6-3-2-5-20(24)19-10-11-22(29)26-21(19)17-23(31-26)28(34)33-15-13-32(14-16-33)27-25(7-4-12-30-27)36-18-8-9-18/h2-7,10-12,17-18,31H,8-9,13-16H2,1H3. The first-order valence-electron chi connectivity index (χ1n) is 12.2. The van der Waals surface area contributed by atoms with Crippen LogP contribution >= 0.6 is 0 Å². The van der Waals surface area contributed by atoms with Gasteiger partial charge < -0.3 is 24.3 Å². The SMILES string of the molecule is COc1ccccc1-c1ccc(F)c2[nH]c(C(=O)N3CCN(c4ncccc4OC4CC4)CC3)cc12. The second-order valence-electron chi connectivity index (χ2n) is 9.19. The average Bonchev–Trinajstić information content (AvgIpc) is 3.62. The molecule has 2 aromatic heterocycles. The number of pyridine rings is 1. The van der Waals surface area contributed by atoms with Gasteiger partial charge in [0.05, 0.1) is 18.7 Å². The maximum absolute atomic E-state index is 14.7. The lowest BCUT2D eigenvalue weighted by Crippen LogP contribution is -2.49. The van der Waals surface area contributed by atoms with Crippen molar-refractivity contribution in [3.05, 3.63) is 72.3 Å². The number of carbonyl (C=O) groups is 1. The van der Waals surface area contributed by atoms with E-state index in [4.69, 9.17) is 9.47 Å². The summed E-state index contributed by atoms with van der Waals surface area (Å²) in [5.41, 5.74) is 2.34. The molecule has 0 spiro atoms. The van der Waals surface area contributed by atoms with E-state index in [0.717, 1.165) is 35.5 Å². The molecular formula is C28H27FN4O3. The van der Waals surface area contributed by atoms with Crippen molar-refractivity contribution in [1.29, 1.82) is 0 Å². The minimum atomic E-state index is -0.397. The summed E-state index contributed by atoms with van der Waals surface area (Å²) in [7, 11) is 1.61. The molecule has 0 unspecified atom stereocenters. The molecule has 1 aliphatic carbocycles. The predicted octanol–water partition coefficient (Wildman–Crippen LogP) is 4.88. The average molecular weight is 487 g/mol. The van der Waals surface area contributed by atoms with Crippen LogP contribution in [0.3, 0.4) is 0 Å². The molecule has 7 nitrogen and oxygen atoms in total. The lowest BCUT2D eigenvalue weighted by Gasteiger charge is -2.35. The van der Waals surface area contributed by atoms with Gasteiger partial charge in [0.25, 0.3) is 5.91 Å². The van der Waals surface area contributed by atoms with Crippen LogP contribution in [-0.4, -0.2) is 60.2 Å². The number of nitrogens with one attached hydrogen (secondary N) is 1. The van der Waals surface area contributed by atoms with Crippen molar-refractivity contribution in [2.45, 2.75) is 18.9 Å². The maximum atomic E-state index is 14.7. The zero-order valence-corrected chi connectivity index (χ0v) is 20.0. The monoisotopic (exact) mass is 486 g/mol. The van der Waals surface area contributed by atoms with Crippen molar-refractivity contribution in [3.63, 3.8) is 0 Å². The third kappa shape index (κ3) is 4.12. The molecule has 6 rings (SSSR count). The molecule has 2 aromatic carbocycles. The number of rotatable bonds is 6. The fourth-order valence-electron chi connectivity index (χ4n) is 4.77. The number of nitrogens with zero attached hydrogens (tertiary/aromatic N) is 3. The van der Waals surface area contributed by atoms with Crippen molar-refractivity contribution < 1.29 is 18.7 Å². The molecule has 0 radical (unpaired) electrons. The Kier molecular flexibility index (Phi) is 5.71. The molecular weight excluding hydrogens is 459 g/mol. The van der Waals surface area contributed by atoms with Gasteiger partial charge in [-0.2, -0.15) is 0 Å². The number of anilines is 1. The Morgan fingerprint density at radius 1 is 1.00 bits per heavy atom. The molecule has 8 heteroatoms. The van der Waals surface area contributed by atoms with E-state index >= 15 is 0 Å². The molecule has 1 saturated heterocycles. The van der Waals surface area contributed by atoms with Crippen LogP contribution < -0.4 is 14.4 Å². The number of methoxy groups -OCH3 is 1. The highest BCUT2D eigenvalue weighted by Gasteiger charge is 2.29. The topological polar surface area (TPSA) is 70.7 Å². The Morgan fingerprint density at radius 2 is 1.78 bits per heavy atom. The van der Waals surface area contributed by atoms with Crippen LogP contribution in [0.1, 0.15) is 23.3 Å². The summed E-state index contributed by atoms with van der Waals surface area (Å²) in [6, 6.07) is 16.3. The van der Waals surface area contributed by atoms with Gasteiger partial charge in [-0.1, -0.05) is 24.3 Å². The van der Waals surface area contributed by atoms with Gasteiger partial charge in [0.2, 0.25) is 0 Å². The minimum Gasteiger partial charge on any atom is -0.496 e.